The first-order valence-corrected chi connectivity index (χ1v) is 42.8. The van der Waals surface area contributed by atoms with Crippen molar-refractivity contribution in [2.75, 3.05) is 39.6 Å². The lowest BCUT2D eigenvalue weighted by Crippen LogP contribution is -2.30. The van der Waals surface area contributed by atoms with Gasteiger partial charge >= 0.3 is 39.5 Å². The highest BCUT2D eigenvalue weighted by molar-refractivity contribution is 7.47. The van der Waals surface area contributed by atoms with Crippen molar-refractivity contribution in [3.63, 3.8) is 0 Å². The monoisotopic (exact) mass is 1410 g/mol. The maximum absolute atomic E-state index is 13.1. The molecule has 0 saturated heterocycles. The average molecular weight is 1410 g/mol. The van der Waals surface area contributed by atoms with Gasteiger partial charge in [-0.3, -0.25) is 37.3 Å². The Morgan fingerprint density at radius 3 is 0.740 bits per heavy atom. The van der Waals surface area contributed by atoms with Gasteiger partial charge in [0.1, 0.15) is 19.3 Å². The summed E-state index contributed by atoms with van der Waals surface area (Å²) in [5.41, 5.74) is 0. The van der Waals surface area contributed by atoms with E-state index in [9.17, 15) is 43.2 Å². The fourth-order valence-electron chi connectivity index (χ4n) is 11.6. The molecule has 0 fully saturated rings. The molecule has 0 aliphatic rings. The largest absolute Gasteiger partial charge is 0.472 e. The van der Waals surface area contributed by atoms with E-state index in [4.69, 9.17) is 37.0 Å². The van der Waals surface area contributed by atoms with Crippen LogP contribution < -0.4 is 0 Å². The molecule has 570 valence electrons. The SMILES string of the molecule is CCC(C)CCCCCCCCCCCCCCCCCCCCC(=O)OC[C@H](COP(=O)(O)OC[C@@H](O)COP(=O)(O)OC[C@@H](COC(=O)CCCCCCCCC(C)CC)OC(=O)CCCCCCCCCCCC(C)C)OC(=O)CCCCCCCCCCC(C)CC. The third-order valence-electron chi connectivity index (χ3n) is 18.9. The van der Waals surface area contributed by atoms with Crippen LogP contribution in [0.4, 0.5) is 0 Å². The van der Waals surface area contributed by atoms with Crippen molar-refractivity contribution in [2.45, 2.75) is 408 Å². The fourth-order valence-corrected chi connectivity index (χ4v) is 13.2. The Hall–Kier alpha value is -1.94. The number of hydrogen-bond acceptors (Lipinski definition) is 15. The van der Waals surface area contributed by atoms with E-state index < -0.39 is 97.5 Å². The lowest BCUT2D eigenvalue weighted by atomic mass is 9.99. The van der Waals surface area contributed by atoms with Crippen molar-refractivity contribution >= 4 is 39.5 Å². The van der Waals surface area contributed by atoms with Gasteiger partial charge in [0.05, 0.1) is 26.4 Å². The van der Waals surface area contributed by atoms with E-state index in [2.05, 4.69) is 55.4 Å². The first-order valence-electron chi connectivity index (χ1n) is 39.8. The maximum Gasteiger partial charge on any atom is 0.472 e. The second-order valence-corrected chi connectivity index (χ2v) is 31.9. The summed E-state index contributed by atoms with van der Waals surface area (Å²) in [6, 6.07) is 0. The minimum absolute atomic E-state index is 0.104. The van der Waals surface area contributed by atoms with Crippen molar-refractivity contribution in [2.24, 2.45) is 23.7 Å². The Morgan fingerprint density at radius 2 is 0.500 bits per heavy atom. The minimum Gasteiger partial charge on any atom is -0.462 e. The topological polar surface area (TPSA) is 237 Å². The Balaban J connectivity index is 5.17. The summed E-state index contributed by atoms with van der Waals surface area (Å²) >= 11 is 0. The molecule has 17 nitrogen and oxygen atoms in total. The molecule has 0 heterocycles. The number of aliphatic hydroxyl groups excluding tert-OH is 1. The molecule has 0 aromatic rings. The number of aliphatic hydroxyl groups is 1. The van der Waals surface area contributed by atoms with Crippen molar-refractivity contribution in [1.29, 1.82) is 0 Å². The van der Waals surface area contributed by atoms with E-state index in [-0.39, 0.29) is 25.7 Å². The van der Waals surface area contributed by atoms with E-state index in [1.54, 1.807) is 0 Å². The minimum atomic E-state index is -4.96. The van der Waals surface area contributed by atoms with Crippen molar-refractivity contribution in [3.05, 3.63) is 0 Å². The van der Waals surface area contributed by atoms with Crippen LogP contribution in [0.5, 0.6) is 0 Å². The summed E-state index contributed by atoms with van der Waals surface area (Å²) in [7, 11) is -9.91. The van der Waals surface area contributed by atoms with Gasteiger partial charge in [-0.15, -0.1) is 0 Å². The zero-order valence-electron chi connectivity index (χ0n) is 63.0. The predicted octanol–water partition coefficient (Wildman–Crippen LogP) is 22.4. The van der Waals surface area contributed by atoms with Gasteiger partial charge in [0.25, 0.3) is 0 Å². The average Bonchev–Trinajstić information content (AvgIpc) is 1.90. The standard InChI is InChI=1S/C77H150O17P2/c1-9-68(6)54-46-38-30-24-20-18-16-14-12-13-15-17-19-21-25-32-41-49-57-74(79)87-63-72(94-77(82)60-52-44-34-28-27-31-39-47-55-69(7)10-2)65-91-95(83,84)89-61-71(78)62-90-96(85,86)92-66-73(64-88-75(80)58-50-42-36-35-40-48-56-70(8)11-3)93-76(81)59-51-43-33-26-22-23-29-37-45-53-67(4)5/h67-73,78H,9-66H2,1-8H3,(H,83,84)(H,85,86)/t68?,69?,70?,71-,72-,73-/m1/s1. The van der Waals surface area contributed by atoms with Gasteiger partial charge in [0.2, 0.25) is 0 Å². The summed E-state index contributed by atoms with van der Waals surface area (Å²) in [5, 5.41) is 10.6. The first kappa shape index (κ1) is 94.1. The van der Waals surface area contributed by atoms with Gasteiger partial charge < -0.3 is 33.8 Å². The number of phosphoric acid groups is 2. The quantitative estimate of drug-likeness (QED) is 0.0222. The van der Waals surface area contributed by atoms with Crippen LogP contribution in [0.15, 0.2) is 0 Å². The van der Waals surface area contributed by atoms with E-state index in [0.717, 1.165) is 120 Å². The molecule has 3 N–H and O–H groups in total. The number of unbranched alkanes of at least 4 members (excludes halogenated alkanes) is 37. The van der Waals surface area contributed by atoms with Gasteiger partial charge in [-0.25, -0.2) is 9.13 Å². The summed E-state index contributed by atoms with van der Waals surface area (Å²) < 4.78 is 68.5. The zero-order chi connectivity index (χ0) is 71.0. The lowest BCUT2D eigenvalue weighted by molar-refractivity contribution is -0.161. The summed E-state index contributed by atoms with van der Waals surface area (Å²) in [6.07, 6.45) is 51.5. The number of phosphoric ester groups is 2. The molecule has 8 atom stereocenters. The number of hydrogen-bond donors (Lipinski definition) is 3. The number of esters is 4. The molecule has 5 unspecified atom stereocenters. The van der Waals surface area contributed by atoms with Crippen LogP contribution in [0, 0.1) is 23.7 Å². The molecule has 0 bridgehead atoms. The maximum atomic E-state index is 13.1. The second kappa shape index (κ2) is 66.3. The molecule has 0 saturated carbocycles. The van der Waals surface area contributed by atoms with E-state index in [1.165, 1.54) is 186 Å². The normalized spacial score (nSPS) is 15.0. The predicted molar refractivity (Wildman–Crippen MR) is 391 cm³/mol. The summed E-state index contributed by atoms with van der Waals surface area (Å²) in [4.78, 5) is 72.8. The Labute approximate surface area is 588 Å². The van der Waals surface area contributed by atoms with Crippen LogP contribution in [-0.2, 0) is 65.4 Å². The lowest BCUT2D eigenvalue weighted by Gasteiger charge is -2.21. The molecule has 0 spiro atoms. The molecular formula is C77H150O17P2. The fraction of sp³-hybridized carbons (Fsp3) is 0.948. The Bertz CT molecular complexity index is 1890. The summed E-state index contributed by atoms with van der Waals surface area (Å²) in [6.45, 7) is 14.2. The van der Waals surface area contributed by atoms with Crippen molar-refractivity contribution in [1.82, 2.24) is 0 Å². The molecule has 19 heteroatoms. The van der Waals surface area contributed by atoms with Crippen molar-refractivity contribution < 1.29 is 80.2 Å². The third-order valence-corrected chi connectivity index (χ3v) is 20.8. The van der Waals surface area contributed by atoms with E-state index in [1.807, 2.05) is 0 Å². The van der Waals surface area contributed by atoms with Crippen LogP contribution in [0.25, 0.3) is 0 Å². The molecule has 0 aromatic carbocycles. The third kappa shape index (κ3) is 66.6. The molecule has 0 aliphatic heterocycles. The Morgan fingerprint density at radius 1 is 0.292 bits per heavy atom. The molecule has 0 rings (SSSR count). The highest BCUT2D eigenvalue weighted by Gasteiger charge is 2.30. The zero-order valence-corrected chi connectivity index (χ0v) is 64.8. The number of carbonyl (C=O) groups excluding carboxylic acids is 4. The molecule has 0 aliphatic carbocycles. The van der Waals surface area contributed by atoms with Gasteiger partial charge in [-0.2, -0.15) is 0 Å². The summed E-state index contributed by atoms with van der Waals surface area (Å²) in [5.74, 6) is 0.986. The van der Waals surface area contributed by atoms with Crippen LogP contribution in [0.1, 0.15) is 389 Å². The number of rotatable bonds is 74. The van der Waals surface area contributed by atoms with Gasteiger partial charge in [-0.1, -0.05) is 338 Å². The van der Waals surface area contributed by atoms with E-state index >= 15 is 0 Å². The van der Waals surface area contributed by atoms with Gasteiger partial charge in [0, 0.05) is 25.7 Å². The van der Waals surface area contributed by atoms with Crippen LogP contribution in [0.3, 0.4) is 0 Å². The van der Waals surface area contributed by atoms with E-state index in [0.29, 0.717) is 25.7 Å². The molecule has 0 aromatic heterocycles. The number of ether oxygens (including phenoxy) is 4. The molecule has 96 heavy (non-hydrogen) atoms. The second-order valence-electron chi connectivity index (χ2n) is 28.9. The highest BCUT2D eigenvalue weighted by atomic mass is 31.2. The number of carbonyl (C=O) groups is 4. The molecule has 0 radical (unpaired) electrons. The van der Waals surface area contributed by atoms with Crippen LogP contribution >= 0.6 is 15.6 Å². The smallest absolute Gasteiger partial charge is 0.462 e. The first-order chi connectivity index (χ1) is 46.2. The van der Waals surface area contributed by atoms with Gasteiger partial charge in [0.15, 0.2) is 12.2 Å². The van der Waals surface area contributed by atoms with Crippen LogP contribution in [-0.4, -0.2) is 96.7 Å². The molecule has 0 amide bonds. The Kier molecular flexibility index (Phi) is 65.0. The highest BCUT2D eigenvalue weighted by Crippen LogP contribution is 2.45. The van der Waals surface area contributed by atoms with Crippen LogP contribution in [0.2, 0.25) is 0 Å². The molecular weight excluding hydrogens is 1260 g/mol. The van der Waals surface area contributed by atoms with Gasteiger partial charge in [-0.05, 0) is 49.4 Å². The van der Waals surface area contributed by atoms with Crippen molar-refractivity contribution in [3.8, 4) is 0 Å².